The van der Waals surface area contributed by atoms with Crippen molar-refractivity contribution in [3.05, 3.63) is 0 Å². The summed E-state index contributed by atoms with van der Waals surface area (Å²) in [5.41, 5.74) is 0. The van der Waals surface area contributed by atoms with Crippen molar-refractivity contribution < 1.29 is 19.8 Å². The Morgan fingerprint density at radius 1 is 1.42 bits per heavy atom. The second-order valence-corrected chi connectivity index (χ2v) is 2.32. The Kier molecular flexibility index (Phi) is 6.64. The highest BCUT2D eigenvalue weighted by molar-refractivity contribution is 5.85. The van der Waals surface area contributed by atoms with E-state index >= 15 is 0 Å². The number of nitrogens with zero attached hydrogens (tertiary/aromatic N) is 1. The largest absolute Gasteiger partial charge is 0.480 e. The summed E-state index contributed by atoms with van der Waals surface area (Å²) in [7, 11) is 1.45. The second-order valence-electron chi connectivity index (χ2n) is 2.32. The SMILES string of the molecule is CC(C(=O)O)N(C)CC(=O)O.Cl. The van der Waals surface area contributed by atoms with Crippen molar-refractivity contribution in [2.75, 3.05) is 13.6 Å². The number of carbonyl (C=O) groups is 2. The molecule has 0 fully saturated rings. The molecule has 1 atom stereocenters. The van der Waals surface area contributed by atoms with Gasteiger partial charge in [0.15, 0.2) is 0 Å². The van der Waals surface area contributed by atoms with Crippen molar-refractivity contribution in [2.24, 2.45) is 0 Å². The molecule has 1 unspecified atom stereocenters. The molecule has 0 amide bonds. The van der Waals surface area contributed by atoms with Crippen LogP contribution in [-0.2, 0) is 9.59 Å². The maximum Gasteiger partial charge on any atom is 0.320 e. The van der Waals surface area contributed by atoms with Crippen molar-refractivity contribution in [3.8, 4) is 0 Å². The van der Waals surface area contributed by atoms with Crippen LogP contribution in [0.4, 0.5) is 0 Å². The van der Waals surface area contributed by atoms with Gasteiger partial charge in [0, 0.05) is 0 Å². The van der Waals surface area contributed by atoms with Gasteiger partial charge >= 0.3 is 11.9 Å². The van der Waals surface area contributed by atoms with E-state index in [-0.39, 0.29) is 19.0 Å². The standard InChI is InChI=1S/C6H11NO4.ClH/c1-4(6(10)11)7(2)3-5(8)9;/h4H,3H2,1-2H3,(H,8,9)(H,10,11);1H. The Hall–Kier alpha value is -0.810. The smallest absolute Gasteiger partial charge is 0.320 e. The lowest BCUT2D eigenvalue weighted by molar-refractivity contribution is -0.144. The molecule has 0 saturated carbocycles. The van der Waals surface area contributed by atoms with Crippen molar-refractivity contribution in [2.45, 2.75) is 13.0 Å². The zero-order valence-electron chi connectivity index (χ0n) is 6.85. The van der Waals surface area contributed by atoms with Crippen molar-refractivity contribution in [3.63, 3.8) is 0 Å². The number of halogens is 1. The van der Waals surface area contributed by atoms with Gasteiger partial charge in [-0.1, -0.05) is 0 Å². The van der Waals surface area contributed by atoms with Gasteiger partial charge in [-0.05, 0) is 14.0 Å². The number of carboxylic acid groups (broad SMARTS) is 2. The van der Waals surface area contributed by atoms with Crippen LogP contribution in [0.25, 0.3) is 0 Å². The minimum absolute atomic E-state index is 0. The average molecular weight is 198 g/mol. The third kappa shape index (κ3) is 4.92. The van der Waals surface area contributed by atoms with E-state index in [9.17, 15) is 9.59 Å². The third-order valence-electron chi connectivity index (χ3n) is 1.40. The molecule has 0 aliphatic heterocycles. The number of hydrogen-bond acceptors (Lipinski definition) is 3. The van der Waals surface area contributed by atoms with Gasteiger partial charge in [-0.15, -0.1) is 12.4 Å². The van der Waals surface area contributed by atoms with E-state index in [1.807, 2.05) is 0 Å². The molecule has 72 valence electrons. The van der Waals surface area contributed by atoms with Crippen molar-refractivity contribution in [1.29, 1.82) is 0 Å². The molecule has 5 nitrogen and oxygen atoms in total. The van der Waals surface area contributed by atoms with E-state index in [4.69, 9.17) is 10.2 Å². The van der Waals surface area contributed by atoms with Gasteiger partial charge in [-0.25, -0.2) is 0 Å². The Balaban J connectivity index is 0. The van der Waals surface area contributed by atoms with Crippen LogP contribution in [0, 0.1) is 0 Å². The molecule has 0 radical (unpaired) electrons. The topological polar surface area (TPSA) is 77.8 Å². The summed E-state index contributed by atoms with van der Waals surface area (Å²) in [6, 6.07) is -0.758. The van der Waals surface area contributed by atoms with Crippen LogP contribution in [0.1, 0.15) is 6.92 Å². The summed E-state index contributed by atoms with van der Waals surface area (Å²) in [5, 5.41) is 16.7. The van der Waals surface area contributed by atoms with Crippen LogP contribution in [0.15, 0.2) is 0 Å². The average Bonchev–Trinajstić information content (AvgIpc) is 1.84. The Morgan fingerprint density at radius 3 is 2.08 bits per heavy atom. The lowest BCUT2D eigenvalue weighted by Crippen LogP contribution is -2.38. The molecule has 0 saturated heterocycles. The molecular weight excluding hydrogens is 186 g/mol. The van der Waals surface area contributed by atoms with E-state index in [2.05, 4.69) is 0 Å². The maximum absolute atomic E-state index is 10.3. The van der Waals surface area contributed by atoms with Crippen LogP contribution in [-0.4, -0.2) is 46.7 Å². The van der Waals surface area contributed by atoms with E-state index in [0.717, 1.165) is 0 Å². The molecule has 6 heteroatoms. The predicted octanol–water partition coefficient (Wildman–Crippen LogP) is -0.102. The lowest BCUT2D eigenvalue weighted by Gasteiger charge is -2.17. The molecule has 0 heterocycles. The summed E-state index contributed by atoms with van der Waals surface area (Å²) in [6.45, 7) is 1.18. The second kappa shape index (κ2) is 5.79. The third-order valence-corrected chi connectivity index (χ3v) is 1.40. The molecule has 0 aliphatic carbocycles. The normalized spacial score (nSPS) is 11.9. The monoisotopic (exact) mass is 197 g/mol. The maximum atomic E-state index is 10.3. The van der Waals surface area contributed by atoms with Crippen LogP contribution < -0.4 is 0 Å². The van der Waals surface area contributed by atoms with E-state index in [1.165, 1.54) is 18.9 Å². The predicted molar refractivity (Wildman–Crippen MR) is 44.6 cm³/mol. The van der Waals surface area contributed by atoms with E-state index in [1.54, 1.807) is 0 Å². The molecule has 0 aromatic rings. The molecule has 0 spiro atoms. The molecule has 0 rings (SSSR count). The Bertz CT molecular complexity index is 173. The molecule has 0 aromatic heterocycles. The summed E-state index contributed by atoms with van der Waals surface area (Å²) < 4.78 is 0. The fourth-order valence-electron chi connectivity index (χ4n) is 0.539. The fourth-order valence-corrected chi connectivity index (χ4v) is 0.539. The van der Waals surface area contributed by atoms with Crippen LogP contribution in [0.2, 0.25) is 0 Å². The van der Waals surface area contributed by atoms with Gasteiger partial charge in [-0.3, -0.25) is 14.5 Å². The molecular formula is C6H12ClNO4. The van der Waals surface area contributed by atoms with Crippen LogP contribution in [0.3, 0.4) is 0 Å². The molecule has 0 aromatic carbocycles. The first-order valence-corrected chi connectivity index (χ1v) is 3.10. The van der Waals surface area contributed by atoms with Gasteiger partial charge in [0.25, 0.3) is 0 Å². The van der Waals surface area contributed by atoms with Gasteiger partial charge in [-0.2, -0.15) is 0 Å². The van der Waals surface area contributed by atoms with E-state index < -0.39 is 18.0 Å². The van der Waals surface area contributed by atoms with Crippen molar-refractivity contribution in [1.82, 2.24) is 4.90 Å². The molecule has 12 heavy (non-hydrogen) atoms. The minimum atomic E-state index is -1.03. The van der Waals surface area contributed by atoms with Gasteiger partial charge in [0.05, 0.1) is 6.54 Å². The van der Waals surface area contributed by atoms with Gasteiger partial charge in [0.1, 0.15) is 6.04 Å². The van der Waals surface area contributed by atoms with Gasteiger partial charge < -0.3 is 10.2 Å². The summed E-state index contributed by atoms with van der Waals surface area (Å²) >= 11 is 0. The summed E-state index contributed by atoms with van der Waals surface area (Å²) in [5.74, 6) is -2.05. The number of carboxylic acids is 2. The lowest BCUT2D eigenvalue weighted by atomic mass is 10.3. The zero-order chi connectivity index (χ0) is 9.02. The number of rotatable bonds is 4. The van der Waals surface area contributed by atoms with Gasteiger partial charge in [0.2, 0.25) is 0 Å². The first-order valence-electron chi connectivity index (χ1n) is 3.10. The van der Waals surface area contributed by atoms with Crippen LogP contribution in [0.5, 0.6) is 0 Å². The highest BCUT2D eigenvalue weighted by Crippen LogP contribution is 1.93. The first kappa shape index (κ1) is 13.8. The number of likely N-dealkylation sites (N-methyl/N-ethyl adjacent to an activating group) is 1. The van der Waals surface area contributed by atoms with Crippen molar-refractivity contribution >= 4 is 24.3 Å². The Morgan fingerprint density at radius 2 is 1.83 bits per heavy atom. The highest BCUT2D eigenvalue weighted by atomic mass is 35.5. The quantitative estimate of drug-likeness (QED) is 0.658. The highest BCUT2D eigenvalue weighted by Gasteiger charge is 2.18. The first-order chi connectivity index (χ1) is 4.95. The van der Waals surface area contributed by atoms with Crippen LogP contribution >= 0.6 is 12.4 Å². The molecule has 0 bridgehead atoms. The molecule has 0 aliphatic rings. The Labute approximate surface area is 76.4 Å². The number of hydrogen-bond donors (Lipinski definition) is 2. The summed E-state index contributed by atoms with van der Waals surface area (Å²) in [6.07, 6.45) is 0. The zero-order valence-corrected chi connectivity index (χ0v) is 7.67. The van der Waals surface area contributed by atoms with E-state index in [0.29, 0.717) is 0 Å². The number of aliphatic carboxylic acids is 2. The fraction of sp³-hybridized carbons (Fsp3) is 0.667. The summed E-state index contributed by atoms with van der Waals surface area (Å²) in [4.78, 5) is 21.6. The minimum Gasteiger partial charge on any atom is -0.480 e. The molecule has 2 N–H and O–H groups in total.